The summed E-state index contributed by atoms with van der Waals surface area (Å²) in [6.45, 7) is 2.97. The Labute approximate surface area is 96.1 Å². The molecule has 1 aromatic carbocycles. The highest BCUT2D eigenvalue weighted by Crippen LogP contribution is 2.19. The van der Waals surface area contributed by atoms with E-state index in [0.717, 1.165) is 23.2 Å². The zero-order chi connectivity index (χ0) is 10.7. The molecule has 1 fully saturated rings. The van der Waals surface area contributed by atoms with E-state index >= 15 is 0 Å². The fourth-order valence-electron chi connectivity index (χ4n) is 1.43. The maximum atomic E-state index is 6.04. The molecule has 0 aromatic heterocycles. The third kappa shape index (κ3) is 3.37. The second-order valence-electron chi connectivity index (χ2n) is 4.09. The van der Waals surface area contributed by atoms with Crippen molar-refractivity contribution in [3.63, 3.8) is 0 Å². The van der Waals surface area contributed by atoms with Gasteiger partial charge in [-0.05, 0) is 37.0 Å². The summed E-state index contributed by atoms with van der Waals surface area (Å²) in [5.41, 5.74) is 2.30. The van der Waals surface area contributed by atoms with Gasteiger partial charge in [-0.2, -0.15) is 0 Å². The van der Waals surface area contributed by atoms with E-state index in [4.69, 9.17) is 11.6 Å². The first-order valence-electron chi connectivity index (χ1n) is 5.42. The van der Waals surface area contributed by atoms with Gasteiger partial charge >= 0.3 is 0 Å². The lowest BCUT2D eigenvalue weighted by molar-refractivity contribution is 0.754. The highest BCUT2D eigenvalue weighted by atomic mass is 35.5. The van der Waals surface area contributed by atoms with Crippen molar-refractivity contribution in [2.24, 2.45) is 0 Å². The van der Waals surface area contributed by atoms with Crippen molar-refractivity contribution in [2.75, 3.05) is 6.54 Å². The number of benzene rings is 1. The van der Waals surface area contributed by atoms with Crippen molar-refractivity contribution >= 4 is 17.7 Å². The van der Waals surface area contributed by atoms with Gasteiger partial charge in [0.05, 0.1) is 0 Å². The SMILES string of the molecule is Cc1ccc(/C=C/CNC2CC2)cc1Cl. The Morgan fingerprint density at radius 3 is 2.93 bits per heavy atom. The van der Waals surface area contributed by atoms with Crippen LogP contribution in [0.2, 0.25) is 5.02 Å². The van der Waals surface area contributed by atoms with Gasteiger partial charge in [0.25, 0.3) is 0 Å². The number of nitrogens with one attached hydrogen (secondary N) is 1. The molecule has 0 spiro atoms. The van der Waals surface area contributed by atoms with Gasteiger partial charge in [-0.15, -0.1) is 0 Å². The second-order valence-corrected chi connectivity index (χ2v) is 4.50. The average Bonchev–Trinajstić information content (AvgIpc) is 3.02. The van der Waals surface area contributed by atoms with E-state index in [-0.39, 0.29) is 0 Å². The van der Waals surface area contributed by atoms with Crippen LogP contribution in [0.3, 0.4) is 0 Å². The Morgan fingerprint density at radius 1 is 1.47 bits per heavy atom. The first-order valence-corrected chi connectivity index (χ1v) is 5.79. The van der Waals surface area contributed by atoms with Crippen LogP contribution in [-0.4, -0.2) is 12.6 Å². The van der Waals surface area contributed by atoms with E-state index in [1.165, 1.54) is 18.4 Å². The molecular weight excluding hydrogens is 206 g/mol. The molecule has 2 rings (SSSR count). The van der Waals surface area contributed by atoms with E-state index in [1.807, 2.05) is 13.0 Å². The van der Waals surface area contributed by atoms with E-state index in [2.05, 4.69) is 29.6 Å². The predicted octanol–water partition coefficient (Wildman–Crippen LogP) is 3.41. The number of aryl methyl sites for hydroxylation is 1. The quantitative estimate of drug-likeness (QED) is 0.822. The molecule has 1 aliphatic rings. The third-order valence-corrected chi connectivity index (χ3v) is 3.02. The molecular formula is C13H16ClN. The lowest BCUT2D eigenvalue weighted by Crippen LogP contribution is -2.15. The Bertz CT molecular complexity index is 367. The lowest BCUT2D eigenvalue weighted by Gasteiger charge is -1.99. The maximum Gasteiger partial charge on any atom is 0.0441 e. The Morgan fingerprint density at radius 2 is 2.27 bits per heavy atom. The normalized spacial score (nSPS) is 16.1. The zero-order valence-electron chi connectivity index (χ0n) is 8.96. The van der Waals surface area contributed by atoms with Gasteiger partial charge in [-0.25, -0.2) is 0 Å². The highest BCUT2D eigenvalue weighted by molar-refractivity contribution is 6.31. The topological polar surface area (TPSA) is 12.0 Å². The van der Waals surface area contributed by atoms with E-state index in [0.29, 0.717) is 0 Å². The molecule has 80 valence electrons. The van der Waals surface area contributed by atoms with E-state index < -0.39 is 0 Å². The summed E-state index contributed by atoms with van der Waals surface area (Å²) >= 11 is 6.04. The van der Waals surface area contributed by atoms with Crippen LogP contribution in [-0.2, 0) is 0 Å². The monoisotopic (exact) mass is 221 g/mol. The second kappa shape index (κ2) is 4.82. The van der Waals surface area contributed by atoms with Crippen molar-refractivity contribution < 1.29 is 0 Å². The first kappa shape index (κ1) is 10.7. The Kier molecular flexibility index (Phi) is 3.45. The van der Waals surface area contributed by atoms with Crippen LogP contribution in [0, 0.1) is 6.92 Å². The number of halogens is 1. The Balaban J connectivity index is 1.88. The summed E-state index contributed by atoms with van der Waals surface area (Å²) < 4.78 is 0. The van der Waals surface area contributed by atoms with Crippen LogP contribution < -0.4 is 5.32 Å². The van der Waals surface area contributed by atoms with E-state index in [1.54, 1.807) is 0 Å². The van der Waals surface area contributed by atoms with Crippen LogP contribution in [0.5, 0.6) is 0 Å². The fraction of sp³-hybridized carbons (Fsp3) is 0.385. The molecule has 1 N–H and O–H groups in total. The summed E-state index contributed by atoms with van der Waals surface area (Å²) in [5, 5.41) is 4.27. The summed E-state index contributed by atoms with van der Waals surface area (Å²) in [7, 11) is 0. The summed E-state index contributed by atoms with van der Waals surface area (Å²) in [6.07, 6.45) is 6.94. The molecule has 1 aromatic rings. The van der Waals surface area contributed by atoms with Crippen LogP contribution in [0.15, 0.2) is 24.3 Å². The molecule has 0 unspecified atom stereocenters. The van der Waals surface area contributed by atoms with Crippen molar-refractivity contribution in [2.45, 2.75) is 25.8 Å². The molecule has 0 atom stereocenters. The minimum Gasteiger partial charge on any atom is -0.311 e. The first-order chi connectivity index (χ1) is 7.25. The Hall–Kier alpha value is -0.790. The molecule has 0 radical (unpaired) electrons. The molecule has 0 heterocycles. The highest BCUT2D eigenvalue weighted by Gasteiger charge is 2.18. The number of hydrogen-bond acceptors (Lipinski definition) is 1. The standard InChI is InChI=1S/C13H16ClN/c1-10-4-5-11(9-13(10)14)3-2-8-15-12-6-7-12/h2-5,9,12,15H,6-8H2,1H3/b3-2+. The molecule has 2 heteroatoms. The smallest absolute Gasteiger partial charge is 0.0441 e. The van der Waals surface area contributed by atoms with Crippen molar-refractivity contribution in [1.82, 2.24) is 5.32 Å². The third-order valence-electron chi connectivity index (χ3n) is 2.61. The number of rotatable bonds is 4. The predicted molar refractivity (Wildman–Crippen MR) is 66.2 cm³/mol. The average molecular weight is 222 g/mol. The van der Waals surface area contributed by atoms with Gasteiger partial charge in [-0.3, -0.25) is 0 Å². The molecule has 0 bridgehead atoms. The molecule has 1 nitrogen and oxygen atoms in total. The van der Waals surface area contributed by atoms with Crippen LogP contribution in [0.1, 0.15) is 24.0 Å². The van der Waals surface area contributed by atoms with Crippen molar-refractivity contribution in [3.8, 4) is 0 Å². The van der Waals surface area contributed by atoms with Crippen LogP contribution >= 0.6 is 11.6 Å². The number of hydrogen-bond donors (Lipinski definition) is 1. The van der Waals surface area contributed by atoms with Gasteiger partial charge in [0.15, 0.2) is 0 Å². The molecule has 1 aliphatic carbocycles. The molecule has 15 heavy (non-hydrogen) atoms. The zero-order valence-corrected chi connectivity index (χ0v) is 9.72. The lowest BCUT2D eigenvalue weighted by atomic mass is 10.1. The van der Waals surface area contributed by atoms with Gasteiger partial charge < -0.3 is 5.32 Å². The summed E-state index contributed by atoms with van der Waals surface area (Å²) in [6, 6.07) is 6.92. The van der Waals surface area contributed by atoms with Crippen LogP contribution in [0.4, 0.5) is 0 Å². The largest absolute Gasteiger partial charge is 0.311 e. The summed E-state index contributed by atoms with van der Waals surface area (Å²) in [4.78, 5) is 0. The summed E-state index contributed by atoms with van der Waals surface area (Å²) in [5.74, 6) is 0. The molecule has 0 amide bonds. The minimum atomic E-state index is 0.774. The molecule has 0 aliphatic heterocycles. The van der Waals surface area contributed by atoms with Gasteiger partial charge in [0, 0.05) is 17.6 Å². The molecule has 1 saturated carbocycles. The maximum absolute atomic E-state index is 6.04. The van der Waals surface area contributed by atoms with Crippen molar-refractivity contribution in [1.29, 1.82) is 0 Å². The molecule has 0 saturated heterocycles. The van der Waals surface area contributed by atoms with Gasteiger partial charge in [0.1, 0.15) is 0 Å². The van der Waals surface area contributed by atoms with Gasteiger partial charge in [-0.1, -0.05) is 35.9 Å². The minimum absolute atomic E-state index is 0.774. The fourth-order valence-corrected chi connectivity index (χ4v) is 1.62. The van der Waals surface area contributed by atoms with E-state index in [9.17, 15) is 0 Å². The van der Waals surface area contributed by atoms with Gasteiger partial charge in [0.2, 0.25) is 0 Å². The van der Waals surface area contributed by atoms with Crippen molar-refractivity contribution in [3.05, 3.63) is 40.4 Å². The van der Waals surface area contributed by atoms with Crippen LogP contribution in [0.25, 0.3) is 6.08 Å².